The number of nitrogens with one attached hydrogen (secondary N) is 1. The highest BCUT2D eigenvalue weighted by Crippen LogP contribution is 2.28. The van der Waals surface area contributed by atoms with E-state index < -0.39 is 11.5 Å². The Bertz CT molecular complexity index is 565. The first-order valence-electron chi connectivity index (χ1n) is 6.84. The lowest BCUT2D eigenvalue weighted by atomic mass is 9.93. The molecule has 2 rings (SSSR count). The van der Waals surface area contributed by atoms with Crippen LogP contribution in [0.15, 0.2) is 18.2 Å². The second-order valence-corrected chi connectivity index (χ2v) is 5.18. The molecule has 1 unspecified atom stereocenters. The first kappa shape index (κ1) is 16.1. The smallest absolute Gasteiger partial charge is 0.305 e. The van der Waals surface area contributed by atoms with Crippen LogP contribution in [0, 0.1) is 0 Å². The van der Waals surface area contributed by atoms with Crippen LogP contribution in [0.2, 0.25) is 0 Å². The van der Waals surface area contributed by atoms with Gasteiger partial charge in [0.2, 0.25) is 0 Å². The largest absolute Gasteiger partial charge is 0.493 e. The molecule has 120 valence electrons. The van der Waals surface area contributed by atoms with Gasteiger partial charge in [0.15, 0.2) is 11.5 Å². The number of hydrogen-bond donors (Lipinski definition) is 2. The number of methoxy groups -OCH3 is 2. The van der Waals surface area contributed by atoms with Crippen LogP contribution in [0.25, 0.3) is 0 Å². The maximum absolute atomic E-state index is 12.4. The Morgan fingerprint density at radius 3 is 2.59 bits per heavy atom. The summed E-state index contributed by atoms with van der Waals surface area (Å²) in [5, 5.41) is 11.8. The van der Waals surface area contributed by atoms with Crippen LogP contribution >= 0.6 is 0 Å². The number of aliphatic carboxylic acids is 1. The van der Waals surface area contributed by atoms with E-state index in [1.54, 1.807) is 18.2 Å². The van der Waals surface area contributed by atoms with E-state index in [2.05, 4.69) is 5.32 Å². The quantitative estimate of drug-likeness (QED) is 0.816. The van der Waals surface area contributed by atoms with Crippen molar-refractivity contribution in [2.75, 3.05) is 27.4 Å². The molecule has 1 atom stereocenters. The molecule has 0 spiro atoms. The third-order valence-corrected chi connectivity index (χ3v) is 3.62. The second-order valence-electron chi connectivity index (χ2n) is 5.18. The number of amides is 1. The van der Waals surface area contributed by atoms with Crippen LogP contribution in [-0.2, 0) is 9.53 Å². The average Bonchev–Trinajstić information content (AvgIpc) is 2.93. The average molecular weight is 309 g/mol. The van der Waals surface area contributed by atoms with Crippen LogP contribution in [-0.4, -0.2) is 50.0 Å². The molecule has 1 saturated heterocycles. The highest BCUT2D eigenvalue weighted by atomic mass is 16.5. The minimum absolute atomic E-state index is 0.175. The third-order valence-electron chi connectivity index (χ3n) is 3.62. The minimum atomic E-state index is -0.974. The molecule has 22 heavy (non-hydrogen) atoms. The molecule has 1 fully saturated rings. The molecule has 1 heterocycles. The monoisotopic (exact) mass is 309 g/mol. The van der Waals surface area contributed by atoms with Crippen LogP contribution < -0.4 is 14.8 Å². The molecule has 1 aromatic rings. The number of carboxylic acid groups (broad SMARTS) is 1. The molecule has 1 amide bonds. The molecule has 1 aromatic carbocycles. The molecular formula is C15H19NO6. The molecular weight excluding hydrogens is 290 g/mol. The molecule has 1 aliphatic heterocycles. The summed E-state index contributed by atoms with van der Waals surface area (Å²) >= 11 is 0. The van der Waals surface area contributed by atoms with Crippen LogP contribution in [0.4, 0.5) is 0 Å². The topological polar surface area (TPSA) is 94.1 Å². The SMILES string of the molecule is COc1ccc(C(=O)NC2(CC(=O)O)CCOC2)cc1OC. The van der Waals surface area contributed by atoms with Gasteiger partial charge in [-0.05, 0) is 24.6 Å². The number of ether oxygens (including phenoxy) is 3. The van der Waals surface area contributed by atoms with Crippen molar-refractivity contribution in [1.82, 2.24) is 5.32 Å². The van der Waals surface area contributed by atoms with Gasteiger partial charge in [0.05, 0.1) is 32.8 Å². The van der Waals surface area contributed by atoms with Gasteiger partial charge in [0.25, 0.3) is 5.91 Å². The maximum atomic E-state index is 12.4. The second kappa shape index (κ2) is 6.65. The summed E-state index contributed by atoms with van der Waals surface area (Å²) < 4.78 is 15.5. The van der Waals surface area contributed by atoms with Gasteiger partial charge in [-0.2, -0.15) is 0 Å². The van der Waals surface area contributed by atoms with Crippen molar-refractivity contribution in [3.63, 3.8) is 0 Å². The first-order valence-corrected chi connectivity index (χ1v) is 6.84. The first-order chi connectivity index (χ1) is 10.5. The van der Waals surface area contributed by atoms with Gasteiger partial charge < -0.3 is 24.6 Å². The van der Waals surface area contributed by atoms with Gasteiger partial charge in [0, 0.05) is 12.2 Å². The summed E-state index contributed by atoms with van der Waals surface area (Å²) in [7, 11) is 2.99. The standard InChI is InChI=1S/C15H19NO6/c1-20-11-4-3-10(7-12(11)21-2)14(19)16-15(8-13(17)18)5-6-22-9-15/h3-4,7H,5-6,8-9H2,1-2H3,(H,16,19)(H,17,18). The molecule has 2 N–H and O–H groups in total. The van der Waals surface area contributed by atoms with Gasteiger partial charge in [0.1, 0.15) is 0 Å². The summed E-state index contributed by atoms with van der Waals surface area (Å²) in [5.74, 6) is -0.389. The highest BCUT2D eigenvalue weighted by molar-refractivity contribution is 5.95. The van der Waals surface area contributed by atoms with E-state index in [-0.39, 0.29) is 18.9 Å². The highest BCUT2D eigenvalue weighted by Gasteiger charge is 2.38. The maximum Gasteiger partial charge on any atom is 0.305 e. The van der Waals surface area contributed by atoms with E-state index >= 15 is 0 Å². The van der Waals surface area contributed by atoms with Crippen LogP contribution in [0.3, 0.4) is 0 Å². The van der Waals surface area contributed by atoms with Crippen molar-refractivity contribution in [3.8, 4) is 11.5 Å². The summed E-state index contributed by atoms with van der Waals surface area (Å²) in [6, 6.07) is 4.78. The van der Waals surface area contributed by atoms with Crippen molar-refractivity contribution in [2.45, 2.75) is 18.4 Å². The minimum Gasteiger partial charge on any atom is -0.493 e. The van der Waals surface area contributed by atoms with E-state index in [0.29, 0.717) is 30.1 Å². The molecule has 0 saturated carbocycles. The molecule has 0 aliphatic carbocycles. The van der Waals surface area contributed by atoms with Crippen molar-refractivity contribution >= 4 is 11.9 Å². The number of carbonyl (C=O) groups excluding carboxylic acids is 1. The fourth-order valence-electron chi connectivity index (χ4n) is 2.47. The zero-order valence-electron chi connectivity index (χ0n) is 12.5. The lowest BCUT2D eigenvalue weighted by Gasteiger charge is -2.27. The Hall–Kier alpha value is -2.28. The van der Waals surface area contributed by atoms with E-state index in [1.807, 2.05) is 0 Å². The third kappa shape index (κ3) is 3.48. The predicted molar refractivity (Wildman–Crippen MR) is 77.4 cm³/mol. The Morgan fingerprint density at radius 2 is 2.05 bits per heavy atom. The number of carbonyl (C=O) groups is 2. The Balaban J connectivity index is 2.18. The molecule has 7 heteroatoms. The van der Waals surface area contributed by atoms with Gasteiger partial charge in [-0.15, -0.1) is 0 Å². The Kier molecular flexibility index (Phi) is 4.87. The molecule has 0 bridgehead atoms. The van der Waals surface area contributed by atoms with Crippen molar-refractivity contribution in [3.05, 3.63) is 23.8 Å². The van der Waals surface area contributed by atoms with Gasteiger partial charge in [-0.3, -0.25) is 9.59 Å². The number of hydrogen-bond acceptors (Lipinski definition) is 5. The van der Waals surface area contributed by atoms with Crippen molar-refractivity contribution < 1.29 is 28.9 Å². The zero-order valence-corrected chi connectivity index (χ0v) is 12.5. The van der Waals surface area contributed by atoms with Crippen molar-refractivity contribution in [1.29, 1.82) is 0 Å². The lowest BCUT2D eigenvalue weighted by molar-refractivity contribution is -0.138. The fraction of sp³-hybridized carbons (Fsp3) is 0.467. The number of carboxylic acids is 1. The van der Waals surface area contributed by atoms with E-state index in [0.717, 1.165) is 0 Å². The van der Waals surface area contributed by atoms with Crippen molar-refractivity contribution in [2.24, 2.45) is 0 Å². The Morgan fingerprint density at radius 1 is 1.32 bits per heavy atom. The molecule has 7 nitrogen and oxygen atoms in total. The van der Waals surface area contributed by atoms with E-state index in [1.165, 1.54) is 14.2 Å². The summed E-state index contributed by atoms with van der Waals surface area (Å²) in [4.78, 5) is 23.4. The molecule has 1 aliphatic rings. The predicted octanol–water partition coefficient (Wildman–Crippen LogP) is 1.07. The van der Waals surface area contributed by atoms with E-state index in [4.69, 9.17) is 19.3 Å². The lowest BCUT2D eigenvalue weighted by Crippen LogP contribution is -2.50. The zero-order chi connectivity index (χ0) is 16.2. The van der Waals surface area contributed by atoms with Crippen LogP contribution in [0.1, 0.15) is 23.2 Å². The van der Waals surface area contributed by atoms with Gasteiger partial charge in [-0.1, -0.05) is 0 Å². The fourth-order valence-corrected chi connectivity index (χ4v) is 2.47. The molecule has 0 aromatic heterocycles. The normalized spacial score (nSPS) is 20.5. The summed E-state index contributed by atoms with van der Waals surface area (Å²) in [5.41, 5.74) is -0.495. The van der Waals surface area contributed by atoms with E-state index in [9.17, 15) is 9.59 Å². The van der Waals surface area contributed by atoms with Gasteiger partial charge >= 0.3 is 5.97 Å². The van der Waals surface area contributed by atoms with Gasteiger partial charge in [-0.25, -0.2) is 0 Å². The van der Waals surface area contributed by atoms with Crippen LogP contribution in [0.5, 0.6) is 11.5 Å². The summed E-state index contributed by atoms with van der Waals surface area (Å²) in [6.45, 7) is 0.623. The number of benzene rings is 1. The Labute approximate surface area is 128 Å². The number of rotatable bonds is 6. The summed E-state index contributed by atoms with van der Waals surface area (Å²) in [6.07, 6.45) is 0.296. The molecule has 0 radical (unpaired) electrons.